The van der Waals surface area contributed by atoms with Crippen LogP contribution in [0.3, 0.4) is 0 Å². The van der Waals surface area contributed by atoms with Gasteiger partial charge in [0.05, 0.1) is 13.2 Å². The zero-order chi connectivity index (χ0) is 19.9. The van der Waals surface area contributed by atoms with E-state index in [0.29, 0.717) is 13.2 Å². The van der Waals surface area contributed by atoms with E-state index in [9.17, 15) is 0 Å². The van der Waals surface area contributed by atoms with Crippen LogP contribution >= 0.6 is 24.0 Å². The first-order chi connectivity index (χ1) is 13.2. The third kappa shape index (κ3) is 10.4. The molecule has 0 bridgehead atoms. The number of hydrogen-bond donors (Lipinski definition) is 2. The quantitative estimate of drug-likeness (QED) is 0.186. The number of nitrogens with zero attached hydrogens (tertiary/aromatic N) is 2. The molecule has 0 unspecified atom stereocenters. The summed E-state index contributed by atoms with van der Waals surface area (Å²) >= 11 is 0. The van der Waals surface area contributed by atoms with Crippen LogP contribution < -0.4 is 20.1 Å². The smallest absolute Gasteiger partial charge is 0.190 e. The number of aliphatic imine (C=N–C) groups is 1. The first-order valence-electron chi connectivity index (χ1n) is 10.2. The molecule has 0 saturated heterocycles. The highest BCUT2D eigenvalue weighted by atomic mass is 127. The number of hydrogen-bond acceptors (Lipinski definition) is 4. The Balaban J connectivity index is 0.00000729. The summed E-state index contributed by atoms with van der Waals surface area (Å²) in [6.07, 6.45) is 2.01. The van der Waals surface area contributed by atoms with Crippen LogP contribution in [0.5, 0.6) is 11.5 Å². The molecule has 0 aliphatic rings. The van der Waals surface area contributed by atoms with Crippen LogP contribution in [0.15, 0.2) is 23.2 Å². The molecule has 28 heavy (non-hydrogen) atoms. The fraction of sp³-hybridized carbons (Fsp3) is 0.667. The van der Waals surface area contributed by atoms with Crippen molar-refractivity contribution in [3.8, 4) is 11.5 Å². The number of halogens is 1. The maximum atomic E-state index is 5.70. The van der Waals surface area contributed by atoms with Crippen LogP contribution in [0, 0.1) is 0 Å². The molecule has 0 aromatic heterocycles. The monoisotopic (exact) mass is 506 g/mol. The van der Waals surface area contributed by atoms with Gasteiger partial charge < -0.3 is 25.0 Å². The van der Waals surface area contributed by atoms with Crippen molar-refractivity contribution in [2.45, 2.75) is 40.5 Å². The summed E-state index contributed by atoms with van der Waals surface area (Å²) in [4.78, 5) is 6.73. The molecule has 0 radical (unpaired) electrons. The molecule has 0 amide bonds. The maximum absolute atomic E-state index is 5.70. The van der Waals surface area contributed by atoms with Crippen LogP contribution in [0.4, 0.5) is 0 Å². The van der Waals surface area contributed by atoms with Crippen LogP contribution in [0.25, 0.3) is 0 Å². The van der Waals surface area contributed by atoms with E-state index in [2.05, 4.69) is 46.5 Å². The summed E-state index contributed by atoms with van der Waals surface area (Å²) in [5.41, 5.74) is 1.21. The van der Waals surface area contributed by atoms with E-state index in [0.717, 1.165) is 63.0 Å². The van der Waals surface area contributed by atoms with E-state index in [1.54, 1.807) is 0 Å². The van der Waals surface area contributed by atoms with E-state index >= 15 is 0 Å². The lowest BCUT2D eigenvalue weighted by atomic mass is 10.1. The fourth-order valence-corrected chi connectivity index (χ4v) is 2.85. The Morgan fingerprint density at radius 2 is 1.61 bits per heavy atom. The second kappa shape index (κ2) is 16.7. The number of ether oxygens (including phenoxy) is 2. The molecule has 0 fully saturated rings. The zero-order valence-electron chi connectivity index (χ0n) is 18.2. The standard InChI is InChI=1S/C21H38N4O2.HI/c1-6-25(7-2)16-10-14-23-21(22-5)24-15-13-18-11-12-19(26-8-3)20(17-18)27-9-4;/h11-12,17H,6-10,13-16H2,1-5H3,(H2,22,23,24);1H. The third-order valence-electron chi connectivity index (χ3n) is 4.38. The average molecular weight is 506 g/mol. The van der Waals surface area contributed by atoms with Crippen molar-refractivity contribution in [2.24, 2.45) is 4.99 Å². The predicted octanol–water partition coefficient (Wildman–Crippen LogP) is 3.54. The normalized spacial score (nSPS) is 11.1. The highest BCUT2D eigenvalue weighted by Crippen LogP contribution is 2.28. The lowest BCUT2D eigenvalue weighted by Crippen LogP contribution is -2.39. The van der Waals surface area contributed by atoms with Gasteiger partial charge in [0.1, 0.15) is 0 Å². The largest absolute Gasteiger partial charge is 0.490 e. The van der Waals surface area contributed by atoms with Gasteiger partial charge in [0.2, 0.25) is 0 Å². The van der Waals surface area contributed by atoms with Gasteiger partial charge >= 0.3 is 0 Å². The highest BCUT2D eigenvalue weighted by Gasteiger charge is 2.06. The number of nitrogens with one attached hydrogen (secondary N) is 2. The van der Waals surface area contributed by atoms with E-state index in [4.69, 9.17) is 9.47 Å². The minimum atomic E-state index is 0. The SMILES string of the molecule is CCOc1ccc(CCNC(=NC)NCCCN(CC)CC)cc1OCC.I. The number of guanidine groups is 1. The first kappa shape index (κ1) is 26.8. The Hall–Kier alpha value is -1.22. The molecule has 1 aromatic rings. The van der Waals surface area contributed by atoms with Crippen molar-refractivity contribution < 1.29 is 9.47 Å². The fourth-order valence-electron chi connectivity index (χ4n) is 2.85. The second-order valence-electron chi connectivity index (χ2n) is 6.20. The van der Waals surface area contributed by atoms with Crippen molar-refractivity contribution in [1.82, 2.24) is 15.5 Å². The molecule has 0 aliphatic carbocycles. The topological polar surface area (TPSA) is 58.1 Å². The summed E-state index contributed by atoms with van der Waals surface area (Å²) in [5, 5.41) is 6.76. The van der Waals surface area contributed by atoms with E-state index in [1.807, 2.05) is 27.0 Å². The van der Waals surface area contributed by atoms with E-state index in [1.165, 1.54) is 5.56 Å². The molecular formula is C21H39IN4O2. The molecule has 0 saturated carbocycles. The summed E-state index contributed by atoms with van der Waals surface area (Å²) < 4.78 is 11.3. The predicted molar refractivity (Wildman–Crippen MR) is 130 cm³/mol. The van der Waals surface area contributed by atoms with Crippen molar-refractivity contribution in [3.05, 3.63) is 23.8 Å². The summed E-state index contributed by atoms with van der Waals surface area (Å²) in [6.45, 7) is 14.7. The zero-order valence-corrected chi connectivity index (χ0v) is 20.5. The highest BCUT2D eigenvalue weighted by molar-refractivity contribution is 14.0. The van der Waals surface area contributed by atoms with Gasteiger partial charge in [0, 0.05) is 20.1 Å². The van der Waals surface area contributed by atoms with Crippen molar-refractivity contribution >= 4 is 29.9 Å². The molecule has 162 valence electrons. The van der Waals surface area contributed by atoms with Crippen molar-refractivity contribution in [3.63, 3.8) is 0 Å². The van der Waals surface area contributed by atoms with Crippen LogP contribution in [0.1, 0.15) is 39.7 Å². The van der Waals surface area contributed by atoms with Crippen LogP contribution in [0.2, 0.25) is 0 Å². The maximum Gasteiger partial charge on any atom is 0.190 e. The van der Waals surface area contributed by atoms with Gasteiger partial charge in [-0.15, -0.1) is 24.0 Å². The molecule has 0 atom stereocenters. The molecule has 6 nitrogen and oxygen atoms in total. The second-order valence-corrected chi connectivity index (χ2v) is 6.20. The first-order valence-corrected chi connectivity index (χ1v) is 10.2. The molecular weight excluding hydrogens is 467 g/mol. The van der Waals surface area contributed by atoms with Crippen LogP contribution in [-0.4, -0.2) is 63.8 Å². The Labute approximate surface area is 188 Å². The lowest BCUT2D eigenvalue weighted by molar-refractivity contribution is 0.287. The van der Waals surface area contributed by atoms with Gasteiger partial charge in [0.25, 0.3) is 0 Å². The third-order valence-corrected chi connectivity index (χ3v) is 4.38. The van der Waals surface area contributed by atoms with Gasteiger partial charge in [-0.3, -0.25) is 4.99 Å². The van der Waals surface area contributed by atoms with Gasteiger partial charge in [-0.2, -0.15) is 0 Å². The lowest BCUT2D eigenvalue weighted by Gasteiger charge is -2.18. The molecule has 0 aliphatic heterocycles. The summed E-state index contributed by atoms with van der Waals surface area (Å²) in [7, 11) is 1.81. The summed E-state index contributed by atoms with van der Waals surface area (Å²) in [6, 6.07) is 6.15. The molecule has 0 spiro atoms. The molecule has 1 aromatic carbocycles. The van der Waals surface area contributed by atoms with Gasteiger partial charge in [0.15, 0.2) is 17.5 Å². The van der Waals surface area contributed by atoms with Gasteiger partial charge in [-0.1, -0.05) is 19.9 Å². The van der Waals surface area contributed by atoms with Crippen molar-refractivity contribution in [2.75, 3.05) is 53.0 Å². The van der Waals surface area contributed by atoms with Gasteiger partial charge in [-0.05, 0) is 64.0 Å². The molecule has 7 heteroatoms. The Morgan fingerprint density at radius 1 is 0.964 bits per heavy atom. The van der Waals surface area contributed by atoms with E-state index < -0.39 is 0 Å². The van der Waals surface area contributed by atoms with Gasteiger partial charge in [-0.25, -0.2) is 0 Å². The average Bonchev–Trinajstić information content (AvgIpc) is 2.69. The minimum absolute atomic E-state index is 0. The van der Waals surface area contributed by atoms with Crippen molar-refractivity contribution in [1.29, 1.82) is 0 Å². The van der Waals surface area contributed by atoms with Crippen LogP contribution in [-0.2, 0) is 6.42 Å². The molecule has 1 rings (SSSR count). The Morgan fingerprint density at radius 3 is 2.21 bits per heavy atom. The Bertz CT molecular complexity index is 551. The minimum Gasteiger partial charge on any atom is -0.490 e. The molecule has 0 heterocycles. The number of rotatable bonds is 13. The summed E-state index contributed by atoms with van der Waals surface area (Å²) in [5.74, 6) is 2.48. The number of benzene rings is 1. The van der Waals surface area contributed by atoms with E-state index in [-0.39, 0.29) is 24.0 Å². The Kier molecular flexibility index (Phi) is 16.0. The molecule has 2 N–H and O–H groups in total.